The number of carboxylic acids is 1. The smallest absolute Gasteiger partial charge is 0.340 e. The minimum absolute atomic E-state index is 0.0862. The van der Waals surface area contributed by atoms with E-state index in [0.717, 1.165) is 0 Å². The number of nitrogens with one attached hydrogen (secondary N) is 1. The van der Waals surface area contributed by atoms with Crippen molar-refractivity contribution < 1.29 is 24.2 Å². The number of aryl methyl sites for hydroxylation is 1. The average Bonchev–Trinajstić information content (AvgIpc) is 2.88. The molecule has 1 fully saturated rings. The first-order valence-electron chi connectivity index (χ1n) is 8.66. The highest BCUT2D eigenvalue weighted by atomic mass is 16.5. The van der Waals surface area contributed by atoms with Gasteiger partial charge in [0.15, 0.2) is 0 Å². The van der Waals surface area contributed by atoms with Crippen LogP contribution in [0.3, 0.4) is 0 Å². The highest BCUT2D eigenvalue weighted by molar-refractivity contribution is 6.00. The summed E-state index contributed by atoms with van der Waals surface area (Å²) >= 11 is 0. The van der Waals surface area contributed by atoms with Gasteiger partial charge in [0.2, 0.25) is 0 Å². The molecule has 0 radical (unpaired) electrons. The normalized spacial score (nSPS) is 16.6. The fourth-order valence-electron chi connectivity index (χ4n) is 3.44. The van der Waals surface area contributed by atoms with Gasteiger partial charge in [-0.25, -0.2) is 4.79 Å². The Balaban J connectivity index is 2.11. The first kappa shape index (κ1) is 19.0. The predicted molar refractivity (Wildman–Crippen MR) is 91.7 cm³/mol. The lowest BCUT2D eigenvalue weighted by Crippen LogP contribution is -2.41. The van der Waals surface area contributed by atoms with Crippen molar-refractivity contribution >= 4 is 17.8 Å². The molecule has 0 spiro atoms. The molecule has 1 aliphatic heterocycles. The van der Waals surface area contributed by atoms with Crippen LogP contribution in [0.4, 0.5) is 0 Å². The van der Waals surface area contributed by atoms with Gasteiger partial charge in [0.25, 0.3) is 5.91 Å². The summed E-state index contributed by atoms with van der Waals surface area (Å²) in [5, 5.41) is 9.12. The van der Waals surface area contributed by atoms with Crippen molar-refractivity contribution in [2.45, 2.75) is 40.5 Å². The van der Waals surface area contributed by atoms with Gasteiger partial charge in [0.05, 0.1) is 18.1 Å². The molecule has 1 unspecified atom stereocenters. The standard InChI is InChI=1S/C18H26N2O5/c1-5-25-18(24)14-11(3)15(19-12(14)4)16(21)20-8-6-13(7-9-20)10(2)17(22)23/h10,13,19H,5-9H2,1-4H3,(H,22,23). The SMILES string of the molecule is CCOC(=O)c1c(C)[nH]c(C(=O)N2CCC(C(C)C(=O)O)CC2)c1C. The topological polar surface area (TPSA) is 99.7 Å². The second kappa shape index (κ2) is 7.72. The zero-order valence-corrected chi connectivity index (χ0v) is 15.2. The summed E-state index contributed by atoms with van der Waals surface area (Å²) in [7, 11) is 0. The van der Waals surface area contributed by atoms with Gasteiger partial charge in [0.1, 0.15) is 5.69 Å². The molecule has 2 heterocycles. The number of H-pyrrole nitrogens is 1. The molecule has 0 aliphatic carbocycles. The molecule has 1 aromatic heterocycles. The summed E-state index contributed by atoms with van der Waals surface area (Å²) in [5.74, 6) is -1.69. The molecule has 1 aliphatic rings. The molecular weight excluding hydrogens is 324 g/mol. The van der Waals surface area contributed by atoms with E-state index < -0.39 is 17.9 Å². The summed E-state index contributed by atoms with van der Waals surface area (Å²) < 4.78 is 5.05. The monoisotopic (exact) mass is 350 g/mol. The van der Waals surface area contributed by atoms with E-state index in [1.165, 1.54) is 0 Å². The molecule has 1 atom stereocenters. The molecule has 0 aromatic carbocycles. The largest absolute Gasteiger partial charge is 0.481 e. The number of aromatic amines is 1. The Hall–Kier alpha value is -2.31. The summed E-state index contributed by atoms with van der Waals surface area (Å²) in [4.78, 5) is 40.7. The van der Waals surface area contributed by atoms with Crippen molar-refractivity contribution in [1.82, 2.24) is 9.88 Å². The van der Waals surface area contributed by atoms with E-state index in [4.69, 9.17) is 9.84 Å². The molecule has 0 bridgehead atoms. The Morgan fingerprint density at radius 3 is 2.40 bits per heavy atom. The molecule has 1 aromatic rings. The van der Waals surface area contributed by atoms with Crippen LogP contribution in [0.2, 0.25) is 0 Å². The molecule has 25 heavy (non-hydrogen) atoms. The van der Waals surface area contributed by atoms with Gasteiger partial charge < -0.3 is 19.7 Å². The van der Waals surface area contributed by atoms with Crippen molar-refractivity contribution in [3.8, 4) is 0 Å². The van der Waals surface area contributed by atoms with E-state index in [9.17, 15) is 14.4 Å². The maximum atomic E-state index is 12.8. The van der Waals surface area contributed by atoms with E-state index >= 15 is 0 Å². The number of likely N-dealkylation sites (tertiary alicyclic amines) is 1. The van der Waals surface area contributed by atoms with Crippen molar-refractivity contribution in [2.24, 2.45) is 11.8 Å². The van der Waals surface area contributed by atoms with Crippen LogP contribution in [-0.4, -0.2) is 52.5 Å². The number of piperidine rings is 1. The van der Waals surface area contributed by atoms with Crippen LogP contribution in [0.25, 0.3) is 0 Å². The molecule has 2 N–H and O–H groups in total. The Morgan fingerprint density at radius 1 is 1.28 bits per heavy atom. The Bertz CT molecular complexity index is 671. The zero-order chi connectivity index (χ0) is 18.7. The maximum absolute atomic E-state index is 12.8. The van der Waals surface area contributed by atoms with Crippen molar-refractivity contribution in [3.05, 3.63) is 22.5 Å². The highest BCUT2D eigenvalue weighted by Gasteiger charge is 2.32. The molecule has 7 heteroatoms. The predicted octanol–water partition coefficient (Wildman–Crippen LogP) is 2.38. The molecule has 1 saturated heterocycles. The van der Waals surface area contributed by atoms with Crippen LogP contribution in [-0.2, 0) is 9.53 Å². The van der Waals surface area contributed by atoms with Crippen LogP contribution in [0, 0.1) is 25.7 Å². The third-order valence-corrected chi connectivity index (χ3v) is 5.05. The number of amides is 1. The summed E-state index contributed by atoms with van der Waals surface area (Å²) in [5.41, 5.74) is 2.04. The number of nitrogens with zero attached hydrogens (tertiary/aromatic N) is 1. The molecule has 138 valence electrons. The number of esters is 1. The van der Waals surface area contributed by atoms with Gasteiger partial charge in [-0.1, -0.05) is 6.92 Å². The molecule has 2 rings (SSSR count). The van der Waals surface area contributed by atoms with E-state index in [2.05, 4.69) is 4.98 Å². The molecular formula is C18H26N2O5. The van der Waals surface area contributed by atoms with Gasteiger partial charge >= 0.3 is 11.9 Å². The fraction of sp³-hybridized carbons (Fsp3) is 0.611. The lowest BCUT2D eigenvalue weighted by Gasteiger charge is -2.33. The molecule has 1 amide bonds. The summed E-state index contributed by atoms with van der Waals surface area (Å²) in [6.45, 7) is 8.26. The number of hydrogen-bond acceptors (Lipinski definition) is 4. The van der Waals surface area contributed by atoms with Crippen molar-refractivity contribution in [3.63, 3.8) is 0 Å². The first-order chi connectivity index (χ1) is 11.8. The van der Waals surface area contributed by atoms with E-state index in [1.807, 2.05) is 0 Å². The number of aliphatic carboxylic acids is 1. The number of carbonyl (C=O) groups excluding carboxylic acids is 2. The fourth-order valence-corrected chi connectivity index (χ4v) is 3.44. The second-order valence-electron chi connectivity index (χ2n) is 6.60. The van der Waals surface area contributed by atoms with Crippen molar-refractivity contribution in [2.75, 3.05) is 19.7 Å². The average molecular weight is 350 g/mol. The Morgan fingerprint density at radius 2 is 1.88 bits per heavy atom. The minimum Gasteiger partial charge on any atom is -0.481 e. The summed E-state index contributed by atoms with van der Waals surface area (Å²) in [6.07, 6.45) is 1.34. The summed E-state index contributed by atoms with van der Waals surface area (Å²) in [6, 6.07) is 0. The third-order valence-electron chi connectivity index (χ3n) is 5.05. The third kappa shape index (κ3) is 3.86. The van der Waals surface area contributed by atoms with Crippen molar-refractivity contribution in [1.29, 1.82) is 0 Å². The van der Waals surface area contributed by atoms with E-state index in [-0.39, 0.29) is 18.4 Å². The number of hydrogen-bond donors (Lipinski definition) is 2. The number of aromatic nitrogens is 1. The lowest BCUT2D eigenvalue weighted by atomic mass is 9.85. The van der Waals surface area contributed by atoms with Gasteiger partial charge in [0, 0.05) is 18.8 Å². The highest BCUT2D eigenvalue weighted by Crippen LogP contribution is 2.27. The lowest BCUT2D eigenvalue weighted by molar-refractivity contribution is -0.143. The van der Waals surface area contributed by atoms with Gasteiger partial charge in [-0.15, -0.1) is 0 Å². The zero-order valence-electron chi connectivity index (χ0n) is 15.2. The van der Waals surface area contributed by atoms with Crippen LogP contribution in [0.5, 0.6) is 0 Å². The van der Waals surface area contributed by atoms with Gasteiger partial charge in [-0.3, -0.25) is 9.59 Å². The first-order valence-corrected chi connectivity index (χ1v) is 8.66. The maximum Gasteiger partial charge on any atom is 0.340 e. The van der Waals surface area contributed by atoms with Gasteiger partial charge in [-0.2, -0.15) is 0 Å². The van der Waals surface area contributed by atoms with Crippen LogP contribution in [0.1, 0.15) is 58.8 Å². The number of rotatable bonds is 5. The number of carbonyl (C=O) groups is 3. The van der Waals surface area contributed by atoms with Crippen LogP contribution in [0.15, 0.2) is 0 Å². The van der Waals surface area contributed by atoms with Crippen LogP contribution < -0.4 is 0 Å². The molecule has 7 nitrogen and oxygen atoms in total. The second-order valence-corrected chi connectivity index (χ2v) is 6.60. The number of ether oxygens (including phenoxy) is 1. The minimum atomic E-state index is -0.792. The Kier molecular flexibility index (Phi) is 5.87. The quantitative estimate of drug-likeness (QED) is 0.794. The van der Waals surface area contributed by atoms with Crippen LogP contribution >= 0.6 is 0 Å². The van der Waals surface area contributed by atoms with E-state index in [0.29, 0.717) is 48.4 Å². The Labute approximate surface area is 147 Å². The number of carboxylic acid groups (broad SMARTS) is 1. The van der Waals surface area contributed by atoms with E-state index in [1.54, 1.807) is 32.6 Å². The van der Waals surface area contributed by atoms with Gasteiger partial charge in [-0.05, 0) is 45.1 Å². The molecule has 0 saturated carbocycles.